The Morgan fingerprint density at radius 2 is 1.74 bits per heavy atom. The van der Waals surface area contributed by atoms with Crippen LogP contribution in [0.25, 0.3) is 16.9 Å². The molecule has 186 valence electrons. The fourth-order valence-electron chi connectivity index (χ4n) is 4.42. The Bertz CT molecular complexity index is 1140. The average molecular weight is 478 g/mol. The van der Waals surface area contributed by atoms with Gasteiger partial charge in [-0.2, -0.15) is 5.10 Å². The molecule has 35 heavy (non-hydrogen) atoms. The van der Waals surface area contributed by atoms with Gasteiger partial charge in [0.1, 0.15) is 23.5 Å². The lowest BCUT2D eigenvalue weighted by atomic mass is 9.81. The summed E-state index contributed by atoms with van der Waals surface area (Å²) in [4.78, 5) is 12.3. The normalized spacial score (nSPS) is 21.1. The molecule has 1 aromatic heterocycles. The number of benzene rings is 2. The number of aromatic nitrogens is 2. The van der Waals surface area contributed by atoms with E-state index in [4.69, 9.17) is 20.3 Å². The van der Waals surface area contributed by atoms with Crippen LogP contribution >= 0.6 is 0 Å². The third-order valence-electron chi connectivity index (χ3n) is 6.88. The Labute approximate surface area is 206 Å². The largest absolute Gasteiger partial charge is 0.497 e. The second kappa shape index (κ2) is 10.2. The maximum atomic E-state index is 12.3. The number of aryl methyl sites for hydroxylation is 1. The number of carbonyl (C=O) groups excluding carboxylic acids is 1. The van der Waals surface area contributed by atoms with Crippen LogP contribution in [0.3, 0.4) is 0 Å². The number of rotatable bonds is 7. The summed E-state index contributed by atoms with van der Waals surface area (Å²) >= 11 is 0. The highest BCUT2D eigenvalue weighted by Crippen LogP contribution is 2.39. The van der Waals surface area contributed by atoms with E-state index in [2.05, 4.69) is 31.2 Å². The molecule has 1 fully saturated rings. The molecule has 4 rings (SSSR count). The zero-order valence-electron chi connectivity index (χ0n) is 20.9. The first-order chi connectivity index (χ1) is 16.7. The fourth-order valence-corrected chi connectivity index (χ4v) is 4.42. The lowest BCUT2D eigenvalue weighted by Gasteiger charge is -2.35. The maximum Gasteiger partial charge on any atom is 0.323 e. The second-order valence-electron chi connectivity index (χ2n) is 9.83. The summed E-state index contributed by atoms with van der Waals surface area (Å²) in [7, 11) is 1.64. The summed E-state index contributed by atoms with van der Waals surface area (Å²) < 4.78 is 12.8. The van der Waals surface area contributed by atoms with E-state index in [9.17, 15) is 9.90 Å². The molecule has 3 aromatic rings. The van der Waals surface area contributed by atoms with Crippen molar-refractivity contribution in [2.45, 2.75) is 64.2 Å². The number of hydrogen-bond acceptors (Lipinski definition) is 6. The highest BCUT2D eigenvalue weighted by Gasteiger charge is 2.39. The number of aliphatic hydroxyl groups is 1. The average Bonchev–Trinajstić information content (AvgIpc) is 3.32. The monoisotopic (exact) mass is 477 g/mol. The summed E-state index contributed by atoms with van der Waals surface area (Å²) in [6.45, 7) is 5.85. The van der Waals surface area contributed by atoms with Crippen LogP contribution in [-0.4, -0.2) is 40.1 Å². The second-order valence-corrected chi connectivity index (χ2v) is 9.83. The predicted octanol–water partition coefficient (Wildman–Crippen LogP) is 4.51. The van der Waals surface area contributed by atoms with E-state index in [0.717, 1.165) is 22.7 Å². The van der Waals surface area contributed by atoms with Crippen molar-refractivity contribution in [1.82, 2.24) is 9.78 Å². The van der Waals surface area contributed by atoms with Crippen molar-refractivity contribution in [3.05, 3.63) is 65.9 Å². The zero-order chi connectivity index (χ0) is 25.2. The Morgan fingerprint density at radius 1 is 1.11 bits per heavy atom. The number of carbonyl (C=O) groups is 1. The Kier molecular flexibility index (Phi) is 7.28. The number of hydrogen-bond donors (Lipinski definition) is 2. The van der Waals surface area contributed by atoms with E-state index in [-0.39, 0.29) is 18.0 Å². The topological polar surface area (TPSA) is 99.6 Å². The van der Waals surface area contributed by atoms with Crippen LogP contribution in [0.5, 0.6) is 5.75 Å². The van der Waals surface area contributed by atoms with Crippen molar-refractivity contribution in [1.29, 1.82) is 0 Å². The molecule has 0 bridgehead atoms. The summed E-state index contributed by atoms with van der Waals surface area (Å²) in [5.74, 6) is 0.410. The van der Waals surface area contributed by atoms with Gasteiger partial charge >= 0.3 is 5.97 Å². The molecule has 2 aromatic carbocycles. The van der Waals surface area contributed by atoms with Crippen molar-refractivity contribution in [3.63, 3.8) is 0 Å². The van der Waals surface area contributed by atoms with Gasteiger partial charge in [-0.1, -0.05) is 43.7 Å². The van der Waals surface area contributed by atoms with Crippen molar-refractivity contribution < 1.29 is 19.4 Å². The van der Waals surface area contributed by atoms with E-state index in [1.165, 1.54) is 5.56 Å². The predicted molar refractivity (Wildman–Crippen MR) is 135 cm³/mol. The highest BCUT2D eigenvalue weighted by atomic mass is 16.5. The standard InChI is InChI=1S/C28H35N3O4/c1-18(2)26(29)27(32)35-23-13-15-28(33,16-14-23)25-17-24(20-7-5-19(3)6-8-20)31(30-25)21-9-11-22(34-4)12-10-21/h5-12,17-18,23,26,33H,13-16,29H2,1-4H3/t23?,26-,28?/m0/s1. The number of esters is 1. The SMILES string of the molecule is COc1ccc(-n2nc(C3(O)CCC(OC(=O)[C@@H](N)C(C)C)CC3)cc2-c2ccc(C)cc2)cc1. The smallest absolute Gasteiger partial charge is 0.323 e. The molecule has 1 aliphatic carbocycles. The Morgan fingerprint density at radius 3 is 2.31 bits per heavy atom. The Hall–Kier alpha value is -3.16. The van der Waals surface area contributed by atoms with Gasteiger partial charge in [-0.3, -0.25) is 4.79 Å². The molecule has 1 heterocycles. The summed E-state index contributed by atoms with van der Waals surface area (Å²) in [6, 6.07) is 17.3. The lowest BCUT2D eigenvalue weighted by Crippen LogP contribution is -2.41. The van der Waals surface area contributed by atoms with Crippen LogP contribution < -0.4 is 10.5 Å². The van der Waals surface area contributed by atoms with Crippen molar-refractivity contribution in [2.24, 2.45) is 11.7 Å². The minimum atomic E-state index is -1.10. The quantitative estimate of drug-likeness (QED) is 0.486. The first-order valence-electron chi connectivity index (χ1n) is 12.2. The van der Waals surface area contributed by atoms with Crippen molar-refractivity contribution >= 4 is 5.97 Å². The molecule has 1 atom stereocenters. The van der Waals surface area contributed by atoms with Crippen molar-refractivity contribution in [2.75, 3.05) is 7.11 Å². The summed E-state index contributed by atoms with van der Waals surface area (Å²) in [6.07, 6.45) is 1.78. The highest BCUT2D eigenvalue weighted by molar-refractivity contribution is 5.76. The van der Waals surface area contributed by atoms with Gasteiger partial charge in [0.2, 0.25) is 0 Å². The van der Waals surface area contributed by atoms with Gasteiger partial charge in [-0.05, 0) is 68.9 Å². The molecule has 7 nitrogen and oxygen atoms in total. The maximum absolute atomic E-state index is 12.3. The van der Waals surface area contributed by atoms with E-state index in [1.807, 2.05) is 48.9 Å². The van der Waals surface area contributed by atoms with Crippen LogP contribution in [0, 0.1) is 12.8 Å². The molecule has 0 amide bonds. The summed E-state index contributed by atoms with van der Waals surface area (Å²) in [5, 5.41) is 16.5. The van der Waals surface area contributed by atoms with E-state index in [0.29, 0.717) is 31.4 Å². The van der Waals surface area contributed by atoms with E-state index < -0.39 is 11.6 Å². The molecule has 7 heteroatoms. The van der Waals surface area contributed by atoms with Crippen LogP contribution in [0.2, 0.25) is 0 Å². The molecular weight excluding hydrogens is 442 g/mol. The van der Waals surface area contributed by atoms with Crippen LogP contribution in [0.4, 0.5) is 0 Å². The number of nitrogens with zero attached hydrogens (tertiary/aromatic N) is 2. The van der Waals surface area contributed by atoms with Gasteiger partial charge in [0, 0.05) is 5.56 Å². The van der Waals surface area contributed by atoms with Gasteiger partial charge in [-0.25, -0.2) is 4.68 Å². The van der Waals surface area contributed by atoms with Gasteiger partial charge in [-0.15, -0.1) is 0 Å². The minimum Gasteiger partial charge on any atom is -0.497 e. The number of nitrogens with two attached hydrogens (primary N) is 1. The first kappa shape index (κ1) is 24.9. The fraction of sp³-hybridized carbons (Fsp3) is 0.429. The van der Waals surface area contributed by atoms with Crippen LogP contribution in [-0.2, 0) is 15.1 Å². The van der Waals surface area contributed by atoms with Crippen molar-refractivity contribution in [3.8, 4) is 22.7 Å². The molecule has 0 spiro atoms. The minimum absolute atomic E-state index is 0.0186. The third kappa shape index (κ3) is 5.41. The number of ether oxygens (including phenoxy) is 2. The number of methoxy groups -OCH3 is 1. The molecular formula is C28H35N3O4. The molecule has 0 aliphatic heterocycles. The molecule has 3 N–H and O–H groups in total. The summed E-state index contributed by atoms with van der Waals surface area (Å²) in [5.41, 5.74) is 9.42. The molecule has 1 saturated carbocycles. The third-order valence-corrected chi connectivity index (χ3v) is 6.88. The molecule has 0 radical (unpaired) electrons. The first-order valence-corrected chi connectivity index (χ1v) is 12.2. The van der Waals surface area contributed by atoms with Gasteiger partial charge in [0.05, 0.1) is 24.2 Å². The zero-order valence-corrected chi connectivity index (χ0v) is 20.9. The molecule has 0 saturated heterocycles. The lowest BCUT2D eigenvalue weighted by molar-refractivity contribution is -0.156. The van der Waals surface area contributed by atoms with Gasteiger partial charge in [0.15, 0.2) is 0 Å². The molecule has 0 unspecified atom stereocenters. The van der Waals surface area contributed by atoms with E-state index in [1.54, 1.807) is 7.11 Å². The molecule has 1 aliphatic rings. The van der Waals surface area contributed by atoms with Crippen LogP contribution in [0.15, 0.2) is 54.6 Å². The van der Waals surface area contributed by atoms with Crippen LogP contribution in [0.1, 0.15) is 50.8 Å². The van der Waals surface area contributed by atoms with Gasteiger partial charge < -0.3 is 20.3 Å². The van der Waals surface area contributed by atoms with E-state index >= 15 is 0 Å². The Balaban J connectivity index is 1.60. The van der Waals surface area contributed by atoms with Gasteiger partial charge in [0.25, 0.3) is 0 Å².